The van der Waals surface area contributed by atoms with E-state index in [-0.39, 0.29) is 24.3 Å². The van der Waals surface area contributed by atoms with E-state index in [1.807, 2.05) is 4.90 Å². The van der Waals surface area contributed by atoms with Crippen LogP contribution in [-0.2, 0) is 11.0 Å². The molecule has 1 aromatic heterocycles. The molecule has 1 amide bonds. The lowest BCUT2D eigenvalue weighted by atomic mass is 10.1. The van der Waals surface area contributed by atoms with E-state index in [1.165, 1.54) is 7.11 Å². The Kier molecular flexibility index (Phi) is 5.68. The van der Waals surface area contributed by atoms with Gasteiger partial charge in [0.1, 0.15) is 23.6 Å². The highest BCUT2D eigenvalue weighted by molar-refractivity contribution is 5.93. The fourth-order valence-corrected chi connectivity index (χ4v) is 2.89. The van der Waals surface area contributed by atoms with E-state index in [1.54, 1.807) is 36.2 Å². The summed E-state index contributed by atoms with van der Waals surface area (Å²) in [5.74, 6) is 0.592. The van der Waals surface area contributed by atoms with Gasteiger partial charge in [-0.1, -0.05) is 12.1 Å². The van der Waals surface area contributed by atoms with Gasteiger partial charge < -0.3 is 15.0 Å². The number of aromatic nitrogens is 2. The van der Waals surface area contributed by atoms with Gasteiger partial charge in [-0.25, -0.2) is 9.97 Å². The van der Waals surface area contributed by atoms with Gasteiger partial charge in [0.25, 0.3) is 0 Å². The summed E-state index contributed by atoms with van der Waals surface area (Å²) in [5.41, 5.74) is -0.384. The van der Waals surface area contributed by atoms with Crippen molar-refractivity contribution in [2.24, 2.45) is 0 Å². The molecule has 1 aliphatic heterocycles. The van der Waals surface area contributed by atoms with Gasteiger partial charge >= 0.3 is 6.18 Å². The molecule has 0 bridgehead atoms. The molecule has 7 nitrogen and oxygen atoms in total. The number of alkyl halides is 3. The molecule has 150 valence electrons. The van der Waals surface area contributed by atoms with Crippen molar-refractivity contribution < 1.29 is 22.7 Å². The number of ether oxygens (including phenoxy) is 1. The Labute approximate surface area is 160 Å². The summed E-state index contributed by atoms with van der Waals surface area (Å²) in [6.45, 7) is 1.10. The number of nitrogens with zero attached hydrogens (tertiary/aromatic N) is 4. The van der Waals surface area contributed by atoms with Gasteiger partial charge in [-0.05, 0) is 19.2 Å². The number of benzene rings is 1. The largest absolute Gasteiger partial charge is 0.495 e. The Hall–Kier alpha value is -2.88. The van der Waals surface area contributed by atoms with Gasteiger partial charge in [0, 0.05) is 25.2 Å². The number of halogens is 3. The van der Waals surface area contributed by atoms with Crippen molar-refractivity contribution in [3.05, 3.63) is 42.4 Å². The normalized spacial score (nSPS) is 14.7. The van der Waals surface area contributed by atoms with Gasteiger partial charge in [0.05, 0.1) is 19.3 Å². The van der Waals surface area contributed by atoms with E-state index in [2.05, 4.69) is 15.3 Å². The van der Waals surface area contributed by atoms with Crippen LogP contribution in [0, 0.1) is 0 Å². The lowest BCUT2D eigenvalue weighted by Crippen LogP contribution is -2.59. The average Bonchev–Trinajstić information content (AvgIpc) is 2.60. The van der Waals surface area contributed by atoms with E-state index in [0.29, 0.717) is 24.5 Å². The minimum Gasteiger partial charge on any atom is -0.495 e. The number of hydrogen-bond donors (Lipinski definition) is 1. The van der Waals surface area contributed by atoms with Crippen LogP contribution >= 0.6 is 0 Å². The number of likely N-dealkylation sites (N-methyl/N-ethyl adjacent to an activating group) is 1. The molecule has 1 aromatic carbocycles. The molecule has 0 saturated carbocycles. The molecule has 2 heterocycles. The third kappa shape index (κ3) is 4.50. The molecule has 0 radical (unpaired) electrons. The van der Waals surface area contributed by atoms with Crippen molar-refractivity contribution in [2.75, 3.05) is 44.0 Å². The third-order valence-electron chi connectivity index (χ3n) is 4.53. The summed E-state index contributed by atoms with van der Waals surface area (Å²) in [6, 6.07) is 8.07. The first-order valence-electron chi connectivity index (χ1n) is 8.55. The zero-order valence-corrected chi connectivity index (χ0v) is 15.4. The Morgan fingerprint density at radius 2 is 2.04 bits per heavy atom. The molecule has 28 heavy (non-hydrogen) atoms. The summed E-state index contributed by atoms with van der Waals surface area (Å²) >= 11 is 0. The smallest absolute Gasteiger partial charge is 0.433 e. The number of para-hydroxylation sites is 2. The first-order valence-corrected chi connectivity index (χ1v) is 8.55. The molecule has 0 aliphatic carbocycles. The van der Waals surface area contributed by atoms with Gasteiger partial charge in [-0.15, -0.1) is 0 Å². The summed E-state index contributed by atoms with van der Waals surface area (Å²) in [6.07, 6.45) is -3.59. The number of methoxy groups -OCH3 is 1. The minimum atomic E-state index is -4.50. The zero-order chi connectivity index (χ0) is 20.3. The minimum absolute atomic E-state index is 0.0349. The first-order chi connectivity index (χ1) is 13.3. The van der Waals surface area contributed by atoms with E-state index >= 15 is 0 Å². The molecule has 3 rings (SSSR count). The molecule has 0 atom stereocenters. The Bertz CT molecular complexity index is 840. The monoisotopic (exact) mass is 395 g/mol. The van der Waals surface area contributed by atoms with Crippen LogP contribution in [0.15, 0.2) is 36.7 Å². The molecular weight excluding hydrogens is 375 g/mol. The fourth-order valence-electron chi connectivity index (χ4n) is 2.89. The Morgan fingerprint density at radius 3 is 2.71 bits per heavy atom. The van der Waals surface area contributed by atoms with Crippen LogP contribution in [0.25, 0.3) is 0 Å². The predicted octanol–water partition coefficient (Wildman–Crippen LogP) is 2.26. The second-order valence-electron chi connectivity index (χ2n) is 6.48. The molecule has 0 spiro atoms. The molecule has 1 N–H and O–H groups in total. The van der Waals surface area contributed by atoms with Crippen LogP contribution in [-0.4, -0.2) is 60.6 Å². The number of carbonyl (C=O) groups is 1. The maximum atomic E-state index is 12.8. The first kappa shape index (κ1) is 19.9. The molecule has 1 fully saturated rings. The maximum Gasteiger partial charge on any atom is 0.433 e. The molecule has 2 aromatic rings. The summed E-state index contributed by atoms with van der Waals surface area (Å²) in [5, 5.41) is 2.80. The van der Waals surface area contributed by atoms with Gasteiger partial charge in [-0.3, -0.25) is 9.69 Å². The number of rotatable bonds is 6. The molecule has 1 aliphatic rings. The highest BCUT2D eigenvalue weighted by atomic mass is 19.4. The predicted molar refractivity (Wildman–Crippen MR) is 97.3 cm³/mol. The van der Waals surface area contributed by atoms with Crippen LogP contribution in [0.2, 0.25) is 0 Å². The number of nitrogens with one attached hydrogen (secondary N) is 1. The Balaban J connectivity index is 1.52. The van der Waals surface area contributed by atoms with Crippen LogP contribution in [0.4, 0.5) is 24.7 Å². The van der Waals surface area contributed by atoms with Gasteiger partial charge in [-0.2, -0.15) is 13.2 Å². The van der Waals surface area contributed by atoms with Crippen molar-refractivity contribution in [3.8, 4) is 5.75 Å². The zero-order valence-electron chi connectivity index (χ0n) is 15.4. The van der Waals surface area contributed by atoms with Crippen LogP contribution < -0.4 is 15.0 Å². The topological polar surface area (TPSA) is 70.6 Å². The Morgan fingerprint density at radius 1 is 1.32 bits per heavy atom. The lowest BCUT2D eigenvalue weighted by Gasteiger charge is -2.44. The van der Waals surface area contributed by atoms with Crippen molar-refractivity contribution in [3.63, 3.8) is 0 Å². The van der Waals surface area contributed by atoms with Crippen molar-refractivity contribution in [1.82, 2.24) is 14.9 Å². The second-order valence-corrected chi connectivity index (χ2v) is 6.48. The summed E-state index contributed by atoms with van der Waals surface area (Å²) in [4.78, 5) is 23.0. The summed E-state index contributed by atoms with van der Waals surface area (Å²) in [7, 11) is 3.32. The molecule has 1 saturated heterocycles. The number of hydrogen-bond acceptors (Lipinski definition) is 6. The maximum absolute atomic E-state index is 12.8. The van der Waals surface area contributed by atoms with Crippen molar-refractivity contribution in [1.29, 1.82) is 0 Å². The summed E-state index contributed by atoms with van der Waals surface area (Å²) < 4.78 is 43.5. The molecular formula is C18H20F3N5O2. The van der Waals surface area contributed by atoms with E-state index < -0.39 is 11.9 Å². The highest BCUT2D eigenvalue weighted by Gasteiger charge is 2.36. The average molecular weight is 395 g/mol. The standard InChI is InChI=1S/C18H20F3N5O2/c1-25(10-17(27)24-13-5-3-4-6-14(13)28-2)12-8-26(9-12)16-7-15(18(19,20)21)22-11-23-16/h3-7,11-12H,8-10H2,1-2H3,(H,24,27). The van der Waals surface area contributed by atoms with Crippen LogP contribution in [0.3, 0.4) is 0 Å². The quantitative estimate of drug-likeness (QED) is 0.809. The van der Waals surface area contributed by atoms with Crippen LogP contribution in [0.1, 0.15) is 5.69 Å². The van der Waals surface area contributed by atoms with Crippen molar-refractivity contribution in [2.45, 2.75) is 12.2 Å². The van der Waals surface area contributed by atoms with E-state index in [9.17, 15) is 18.0 Å². The third-order valence-corrected chi connectivity index (χ3v) is 4.53. The van der Waals surface area contributed by atoms with Gasteiger partial charge in [0.15, 0.2) is 0 Å². The number of anilines is 2. The van der Waals surface area contributed by atoms with Gasteiger partial charge in [0.2, 0.25) is 5.91 Å². The lowest BCUT2D eigenvalue weighted by molar-refractivity contribution is -0.141. The van der Waals surface area contributed by atoms with E-state index in [0.717, 1.165) is 12.4 Å². The molecule has 10 heteroatoms. The SMILES string of the molecule is COc1ccccc1NC(=O)CN(C)C1CN(c2cc(C(F)(F)F)ncn2)C1. The highest BCUT2D eigenvalue weighted by Crippen LogP contribution is 2.30. The number of amides is 1. The molecule has 0 unspecified atom stereocenters. The van der Waals surface area contributed by atoms with E-state index in [4.69, 9.17) is 4.74 Å². The fraction of sp³-hybridized carbons (Fsp3) is 0.389. The van der Waals surface area contributed by atoms with Crippen molar-refractivity contribution >= 4 is 17.4 Å². The van der Waals surface area contributed by atoms with Crippen LogP contribution in [0.5, 0.6) is 5.75 Å². The number of carbonyl (C=O) groups excluding carboxylic acids is 1. The second kappa shape index (κ2) is 8.01.